The third kappa shape index (κ3) is 3.28. The van der Waals surface area contributed by atoms with E-state index in [1.165, 1.54) is 23.7 Å². The van der Waals surface area contributed by atoms with Gasteiger partial charge in [0.25, 0.3) is 0 Å². The van der Waals surface area contributed by atoms with Gasteiger partial charge in [0.2, 0.25) is 0 Å². The molecule has 1 aromatic carbocycles. The van der Waals surface area contributed by atoms with E-state index in [-0.39, 0.29) is 50.9 Å². The number of fused-ring (bicyclic) bond motifs is 2. The molecule has 5 nitrogen and oxygen atoms in total. The van der Waals surface area contributed by atoms with Crippen LogP contribution in [0.2, 0.25) is 4.82 Å². The van der Waals surface area contributed by atoms with E-state index in [2.05, 4.69) is 42.2 Å². The number of carbonyl (C=O) groups excluding carboxylic acids is 2. The Morgan fingerprint density at radius 1 is 0.969 bits per heavy atom. The Hall–Kier alpha value is -1.36. The van der Waals surface area contributed by atoms with Crippen molar-refractivity contribution in [1.82, 2.24) is 4.90 Å². The van der Waals surface area contributed by atoms with Crippen molar-refractivity contribution >= 4 is 31.4 Å². The number of cyclic esters (lactones) is 1. The third-order valence-electron chi connectivity index (χ3n) is 8.92. The van der Waals surface area contributed by atoms with Gasteiger partial charge in [-0.15, -0.1) is 0 Å². The molecule has 5 aliphatic rings. The molecular formula is C26H33NO4Se. The van der Waals surface area contributed by atoms with Crippen LogP contribution in [0, 0.1) is 29.6 Å². The maximum atomic E-state index is 12.8. The summed E-state index contributed by atoms with van der Waals surface area (Å²) in [7, 11) is 0. The summed E-state index contributed by atoms with van der Waals surface area (Å²) in [5.74, 6) is 1.25. The molecule has 4 saturated heterocycles. The molecule has 6 heteroatoms. The molecule has 4 aliphatic heterocycles. The molecule has 172 valence electrons. The first-order chi connectivity index (χ1) is 15.5. The summed E-state index contributed by atoms with van der Waals surface area (Å²) in [6.07, 6.45) is 5.60. The van der Waals surface area contributed by atoms with Crippen molar-refractivity contribution in [2.24, 2.45) is 29.6 Å². The molecular weight excluding hydrogens is 469 g/mol. The summed E-state index contributed by atoms with van der Waals surface area (Å²) in [5.41, 5.74) is 0. The summed E-state index contributed by atoms with van der Waals surface area (Å²) < 4.78 is 13.5. The topological polar surface area (TPSA) is 55.8 Å². The van der Waals surface area contributed by atoms with Crippen LogP contribution >= 0.6 is 0 Å². The van der Waals surface area contributed by atoms with E-state index in [1.54, 1.807) is 0 Å². The number of benzene rings is 1. The SMILES string of the molecule is CC1C(=O)O[C@H]2[C@H]([Se]c3ccccc3)[C@H]3CCCCN4[C@H]3[C@H](C[C@H]4[C@@H]3C[C@H](C)C(=O)O3)[C@@H]12. The van der Waals surface area contributed by atoms with Crippen LogP contribution in [0.4, 0.5) is 0 Å². The molecule has 6 rings (SSSR count). The molecule has 0 amide bonds. The fourth-order valence-electron chi connectivity index (χ4n) is 7.56. The van der Waals surface area contributed by atoms with Crippen LogP contribution < -0.4 is 4.46 Å². The molecule has 1 aliphatic carbocycles. The number of nitrogens with zero attached hydrogens (tertiary/aromatic N) is 1. The maximum absolute atomic E-state index is 12.8. The van der Waals surface area contributed by atoms with Gasteiger partial charge in [-0.1, -0.05) is 0 Å². The number of hydrogen-bond acceptors (Lipinski definition) is 5. The number of carbonyl (C=O) groups is 2. The summed E-state index contributed by atoms with van der Waals surface area (Å²) in [6, 6.07) is 11.6. The minimum absolute atomic E-state index is 0.00115. The molecule has 0 N–H and O–H groups in total. The summed E-state index contributed by atoms with van der Waals surface area (Å²) in [6.45, 7) is 5.18. The van der Waals surface area contributed by atoms with Crippen LogP contribution in [-0.4, -0.2) is 62.6 Å². The van der Waals surface area contributed by atoms with Crippen LogP contribution in [0.5, 0.6) is 0 Å². The van der Waals surface area contributed by atoms with Gasteiger partial charge in [-0.2, -0.15) is 0 Å². The predicted molar refractivity (Wildman–Crippen MR) is 122 cm³/mol. The van der Waals surface area contributed by atoms with Crippen LogP contribution in [0.1, 0.15) is 46.0 Å². The van der Waals surface area contributed by atoms with E-state index in [0.29, 0.717) is 34.7 Å². The number of esters is 2. The average molecular weight is 503 g/mol. The molecule has 1 saturated carbocycles. The van der Waals surface area contributed by atoms with Crippen molar-refractivity contribution in [2.45, 2.75) is 75.1 Å². The second-order valence-electron chi connectivity index (χ2n) is 10.6. The first-order valence-corrected chi connectivity index (χ1v) is 14.3. The number of ether oxygens (including phenoxy) is 2. The monoisotopic (exact) mass is 503 g/mol. The van der Waals surface area contributed by atoms with Crippen molar-refractivity contribution in [3.8, 4) is 0 Å². The van der Waals surface area contributed by atoms with Gasteiger partial charge >= 0.3 is 197 Å². The molecule has 1 aromatic rings. The van der Waals surface area contributed by atoms with Crippen LogP contribution in [0.3, 0.4) is 0 Å². The molecule has 4 heterocycles. The Labute approximate surface area is 196 Å². The van der Waals surface area contributed by atoms with E-state index < -0.39 is 0 Å². The van der Waals surface area contributed by atoms with Crippen molar-refractivity contribution in [3.63, 3.8) is 0 Å². The van der Waals surface area contributed by atoms with Crippen LogP contribution in [0.15, 0.2) is 30.3 Å². The third-order valence-corrected chi connectivity index (χ3v) is 11.9. The molecule has 0 spiro atoms. The van der Waals surface area contributed by atoms with Crippen molar-refractivity contribution in [2.75, 3.05) is 6.54 Å². The average Bonchev–Trinajstić information content (AvgIpc) is 3.35. The van der Waals surface area contributed by atoms with Gasteiger partial charge in [0, 0.05) is 0 Å². The Kier molecular flexibility index (Phi) is 5.39. The van der Waals surface area contributed by atoms with E-state index >= 15 is 0 Å². The first kappa shape index (κ1) is 21.2. The Morgan fingerprint density at radius 3 is 2.53 bits per heavy atom. The molecule has 0 aromatic heterocycles. The standard InChI is InChI=1S/C26H33NO4Se/c1-14-12-20(30-25(14)28)19-13-18-21-15(2)26(29)31-23(21)24(32-16-8-4-3-5-9-16)17-10-6-7-11-27(19)22(17)18/h3-5,8-9,14-15,17-24H,6-7,10-13H2,1-2H3/t14-,15?,17-,18+,19-,20-,21+,22+,23+,24+/m0/s1. The minimum atomic E-state index is -0.0350. The van der Waals surface area contributed by atoms with Crippen LogP contribution in [-0.2, 0) is 19.1 Å². The van der Waals surface area contributed by atoms with Gasteiger partial charge in [0.15, 0.2) is 0 Å². The number of hydrogen-bond donors (Lipinski definition) is 0. The molecule has 0 radical (unpaired) electrons. The molecule has 1 unspecified atom stereocenters. The zero-order valence-electron chi connectivity index (χ0n) is 18.9. The summed E-state index contributed by atoms with van der Waals surface area (Å²) in [4.78, 5) is 28.2. The molecule has 32 heavy (non-hydrogen) atoms. The Bertz CT molecular complexity index is 893. The zero-order chi connectivity index (χ0) is 22.0. The van der Waals surface area contributed by atoms with Crippen molar-refractivity contribution < 1.29 is 19.1 Å². The fraction of sp³-hybridized carbons (Fsp3) is 0.692. The second kappa shape index (κ2) is 8.14. The Balaban J connectivity index is 1.37. The molecule has 0 bridgehead atoms. The first-order valence-electron chi connectivity index (χ1n) is 12.4. The Morgan fingerprint density at radius 2 is 1.78 bits per heavy atom. The molecule has 10 atom stereocenters. The van der Waals surface area contributed by atoms with Crippen molar-refractivity contribution in [3.05, 3.63) is 30.3 Å². The van der Waals surface area contributed by atoms with Gasteiger partial charge in [0.05, 0.1) is 0 Å². The van der Waals surface area contributed by atoms with E-state index in [1.807, 2.05) is 6.92 Å². The predicted octanol–water partition coefficient (Wildman–Crippen LogP) is 2.81. The van der Waals surface area contributed by atoms with Crippen LogP contribution in [0.25, 0.3) is 0 Å². The van der Waals surface area contributed by atoms with E-state index in [4.69, 9.17) is 9.47 Å². The van der Waals surface area contributed by atoms with Gasteiger partial charge in [0.1, 0.15) is 0 Å². The van der Waals surface area contributed by atoms with Crippen molar-refractivity contribution in [1.29, 1.82) is 0 Å². The van der Waals surface area contributed by atoms with Gasteiger partial charge in [-0.05, 0) is 0 Å². The number of rotatable bonds is 3. The summed E-state index contributed by atoms with van der Waals surface area (Å²) in [5, 5.41) is 0. The normalized spacial score (nSPS) is 45.7. The summed E-state index contributed by atoms with van der Waals surface area (Å²) >= 11 is 0.270. The second-order valence-corrected chi connectivity index (χ2v) is 13.3. The van der Waals surface area contributed by atoms with E-state index in [9.17, 15) is 9.59 Å². The quantitative estimate of drug-likeness (QED) is 0.470. The van der Waals surface area contributed by atoms with Gasteiger partial charge in [-0.25, -0.2) is 0 Å². The van der Waals surface area contributed by atoms with E-state index in [0.717, 1.165) is 19.4 Å². The fourth-order valence-corrected chi connectivity index (χ4v) is 10.7. The zero-order valence-corrected chi connectivity index (χ0v) is 20.6. The van der Waals surface area contributed by atoms with Gasteiger partial charge in [-0.3, -0.25) is 0 Å². The van der Waals surface area contributed by atoms with Gasteiger partial charge < -0.3 is 0 Å². The molecule has 5 fully saturated rings.